The van der Waals surface area contributed by atoms with E-state index in [1.54, 1.807) is 11.3 Å². The summed E-state index contributed by atoms with van der Waals surface area (Å²) < 4.78 is 6.77. The minimum Gasteiger partial charge on any atom is -0.343 e. The van der Waals surface area contributed by atoms with Gasteiger partial charge in [-0.3, -0.25) is 0 Å². The second-order valence-electron chi connectivity index (χ2n) is 4.40. The van der Waals surface area contributed by atoms with E-state index >= 15 is 0 Å². The van der Waals surface area contributed by atoms with Gasteiger partial charge in [0.1, 0.15) is 11.9 Å². The molecule has 104 valence electrons. The van der Waals surface area contributed by atoms with Gasteiger partial charge in [-0.15, -0.1) is 11.3 Å². The zero-order chi connectivity index (χ0) is 13.8. The summed E-state index contributed by atoms with van der Waals surface area (Å²) in [5.74, 6) is 1.71. The van der Waals surface area contributed by atoms with E-state index in [1.165, 1.54) is 11.3 Å². The summed E-state index contributed by atoms with van der Waals surface area (Å²) >= 11 is 1.72. The quantitative estimate of drug-likeness (QED) is 0.749. The normalized spacial score (nSPS) is 12.7. The van der Waals surface area contributed by atoms with E-state index in [2.05, 4.69) is 38.0 Å². The maximum Gasteiger partial charge on any atom is 0.213 e. The molecular weight excluding hydrogens is 274 g/mol. The van der Waals surface area contributed by atoms with Crippen LogP contribution in [0.3, 0.4) is 0 Å². The number of thiophene rings is 1. The molecule has 0 bridgehead atoms. The molecular formula is C13H15N5OS. The Hall–Kier alpha value is -1.99. The van der Waals surface area contributed by atoms with E-state index in [0.717, 1.165) is 18.8 Å². The van der Waals surface area contributed by atoms with Crippen molar-refractivity contribution in [2.75, 3.05) is 6.54 Å². The van der Waals surface area contributed by atoms with E-state index in [1.807, 2.05) is 24.0 Å². The maximum atomic E-state index is 4.73. The van der Waals surface area contributed by atoms with Crippen molar-refractivity contribution >= 4 is 11.3 Å². The molecule has 0 aromatic carbocycles. The molecule has 0 saturated carbocycles. The third kappa shape index (κ3) is 2.78. The maximum absolute atomic E-state index is 4.73. The average molecular weight is 289 g/mol. The predicted molar refractivity (Wildman–Crippen MR) is 75.4 cm³/mol. The molecule has 3 aromatic rings. The first-order valence-corrected chi connectivity index (χ1v) is 7.22. The van der Waals surface area contributed by atoms with Crippen molar-refractivity contribution in [1.29, 1.82) is 0 Å². The highest BCUT2D eigenvalue weighted by Gasteiger charge is 2.18. The van der Waals surface area contributed by atoms with Crippen molar-refractivity contribution in [3.63, 3.8) is 0 Å². The van der Waals surface area contributed by atoms with Crippen LogP contribution in [0.15, 0.2) is 40.8 Å². The molecule has 1 atom stereocenters. The highest BCUT2D eigenvalue weighted by atomic mass is 32.1. The highest BCUT2D eigenvalue weighted by Crippen LogP contribution is 2.24. The number of nitrogens with zero attached hydrogens (tertiary/aromatic N) is 4. The van der Waals surface area contributed by atoms with Crippen LogP contribution in [0, 0.1) is 0 Å². The predicted octanol–water partition coefficient (Wildman–Crippen LogP) is 1.79. The smallest absolute Gasteiger partial charge is 0.213 e. The van der Waals surface area contributed by atoms with Gasteiger partial charge in [0, 0.05) is 37.3 Å². The first-order chi connectivity index (χ1) is 9.84. The van der Waals surface area contributed by atoms with E-state index < -0.39 is 0 Å². The number of nitrogens with one attached hydrogen (secondary N) is 1. The van der Waals surface area contributed by atoms with E-state index in [4.69, 9.17) is 4.52 Å². The molecule has 0 fully saturated rings. The van der Waals surface area contributed by atoms with Crippen LogP contribution in [0.4, 0.5) is 0 Å². The topological polar surface area (TPSA) is 68.8 Å². The van der Waals surface area contributed by atoms with Gasteiger partial charge in [0.25, 0.3) is 0 Å². The average Bonchev–Trinajstić information content (AvgIpc) is 3.18. The lowest BCUT2D eigenvalue weighted by atomic mass is 10.2. The van der Waals surface area contributed by atoms with E-state index in [-0.39, 0.29) is 6.04 Å². The van der Waals surface area contributed by atoms with Crippen LogP contribution in [0.25, 0.3) is 0 Å². The van der Waals surface area contributed by atoms with Crippen LogP contribution < -0.4 is 5.32 Å². The molecule has 7 heteroatoms. The Balaban J connectivity index is 1.72. The number of aromatic nitrogens is 4. The van der Waals surface area contributed by atoms with Crippen LogP contribution in [0.1, 0.15) is 22.6 Å². The van der Waals surface area contributed by atoms with Crippen molar-refractivity contribution in [2.45, 2.75) is 12.5 Å². The molecule has 20 heavy (non-hydrogen) atoms. The number of aryl methyl sites for hydroxylation is 1. The summed E-state index contributed by atoms with van der Waals surface area (Å²) in [5, 5.41) is 9.40. The molecule has 0 spiro atoms. The lowest BCUT2D eigenvalue weighted by Gasteiger charge is -2.16. The fraction of sp³-hybridized carbons (Fsp3) is 0.308. The molecule has 1 N–H and O–H groups in total. The van der Waals surface area contributed by atoms with Crippen molar-refractivity contribution < 1.29 is 4.52 Å². The minimum atomic E-state index is 0.0851. The second-order valence-corrected chi connectivity index (χ2v) is 5.38. The summed E-state index contributed by atoms with van der Waals surface area (Å²) in [6.45, 7) is 0.759. The van der Waals surface area contributed by atoms with E-state index in [9.17, 15) is 0 Å². The lowest BCUT2D eigenvalue weighted by molar-refractivity contribution is 0.408. The summed E-state index contributed by atoms with van der Waals surface area (Å²) in [4.78, 5) is 9.71. The molecule has 0 aliphatic carbocycles. The lowest BCUT2D eigenvalue weighted by Crippen LogP contribution is -2.26. The molecule has 0 aliphatic rings. The fourth-order valence-electron chi connectivity index (χ4n) is 2.06. The van der Waals surface area contributed by atoms with Crippen LogP contribution in [-0.4, -0.2) is 26.2 Å². The highest BCUT2D eigenvalue weighted by molar-refractivity contribution is 7.10. The molecule has 6 nitrogen and oxygen atoms in total. The number of hydrogen-bond acceptors (Lipinski definition) is 6. The van der Waals surface area contributed by atoms with Crippen LogP contribution in [0.2, 0.25) is 0 Å². The molecule has 0 aliphatic heterocycles. The van der Waals surface area contributed by atoms with Crippen molar-refractivity contribution in [3.05, 3.63) is 52.8 Å². The van der Waals surface area contributed by atoms with Crippen LogP contribution >= 0.6 is 11.3 Å². The van der Waals surface area contributed by atoms with Crippen molar-refractivity contribution in [1.82, 2.24) is 25.0 Å². The Kier molecular flexibility index (Phi) is 3.89. The Morgan fingerprint density at radius 2 is 2.40 bits per heavy atom. The third-order valence-corrected chi connectivity index (χ3v) is 3.99. The summed E-state index contributed by atoms with van der Waals surface area (Å²) in [6, 6.07) is 4.25. The molecule has 0 amide bonds. The SMILES string of the molecule is Cn1ccnc1C(NCCc1ncon1)c1cccs1. The molecule has 3 aromatic heterocycles. The summed E-state index contributed by atoms with van der Waals surface area (Å²) in [5.41, 5.74) is 0. The van der Waals surface area contributed by atoms with Crippen molar-refractivity contribution in [2.24, 2.45) is 7.05 Å². The van der Waals surface area contributed by atoms with Gasteiger partial charge in [0.05, 0.1) is 0 Å². The van der Waals surface area contributed by atoms with Gasteiger partial charge in [0.15, 0.2) is 5.82 Å². The van der Waals surface area contributed by atoms with Gasteiger partial charge in [-0.1, -0.05) is 11.2 Å². The monoisotopic (exact) mass is 289 g/mol. The first-order valence-electron chi connectivity index (χ1n) is 6.34. The Morgan fingerprint density at radius 1 is 1.45 bits per heavy atom. The first kappa shape index (κ1) is 13.0. The van der Waals surface area contributed by atoms with Gasteiger partial charge in [0.2, 0.25) is 6.39 Å². The fourth-order valence-corrected chi connectivity index (χ4v) is 2.86. The Morgan fingerprint density at radius 3 is 3.05 bits per heavy atom. The minimum absolute atomic E-state index is 0.0851. The van der Waals surface area contributed by atoms with E-state index in [0.29, 0.717) is 5.82 Å². The second kappa shape index (κ2) is 5.98. The van der Waals surface area contributed by atoms with Gasteiger partial charge in [-0.05, 0) is 11.4 Å². The number of hydrogen-bond donors (Lipinski definition) is 1. The largest absolute Gasteiger partial charge is 0.343 e. The Labute approximate surface area is 120 Å². The summed E-state index contributed by atoms with van der Waals surface area (Å²) in [7, 11) is 2.00. The summed E-state index contributed by atoms with van der Waals surface area (Å²) in [6.07, 6.45) is 5.85. The Bertz CT molecular complexity index is 632. The van der Waals surface area contributed by atoms with Crippen LogP contribution in [-0.2, 0) is 13.5 Å². The van der Waals surface area contributed by atoms with Gasteiger partial charge < -0.3 is 14.4 Å². The van der Waals surface area contributed by atoms with Crippen LogP contribution in [0.5, 0.6) is 0 Å². The molecule has 0 saturated heterocycles. The van der Waals surface area contributed by atoms with Gasteiger partial charge in [-0.2, -0.15) is 4.98 Å². The standard InChI is InChI=1S/C13H15N5OS/c1-18-7-6-15-13(18)12(10-3-2-8-20-10)14-5-4-11-16-9-19-17-11/h2-3,6-9,12,14H,4-5H2,1H3. The molecule has 3 rings (SSSR count). The zero-order valence-corrected chi connectivity index (χ0v) is 11.9. The molecule has 3 heterocycles. The molecule has 1 unspecified atom stereocenters. The van der Waals surface area contributed by atoms with Crippen molar-refractivity contribution in [3.8, 4) is 0 Å². The number of rotatable bonds is 6. The zero-order valence-electron chi connectivity index (χ0n) is 11.1. The number of imidazole rings is 1. The molecule has 0 radical (unpaired) electrons. The third-order valence-electron chi connectivity index (χ3n) is 3.05. The van der Waals surface area contributed by atoms with Gasteiger partial charge >= 0.3 is 0 Å². The van der Waals surface area contributed by atoms with Gasteiger partial charge in [-0.25, -0.2) is 4.98 Å².